The molecule has 1 unspecified atom stereocenters. The average molecular weight is 335 g/mol. The van der Waals surface area contributed by atoms with Gasteiger partial charge in [0.05, 0.1) is 4.91 Å². The predicted octanol–water partition coefficient (Wildman–Crippen LogP) is 3.31. The average Bonchev–Trinajstić information content (AvgIpc) is 2.69. The molecular weight excluding hydrogens is 318 g/mol. The zero-order chi connectivity index (χ0) is 16.4. The molecule has 0 saturated carbocycles. The number of thiocarbonyl (C=S) groups is 1. The van der Waals surface area contributed by atoms with Crippen molar-refractivity contribution in [1.82, 2.24) is 4.90 Å². The Morgan fingerprint density at radius 3 is 2.55 bits per heavy atom. The minimum absolute atomic E-state index is 0.224. The first kappa shape index (κ1) is 16.7. The van der Waals surface area contributed by atoms with E-state index in [-0.39, 0.29) is 11.8 Å². The maximum Gasteiger partial charge on any atom is 0.327 e. The van der Waals surface area contributed by atoms with Gasteiger partial charge in [-0.2, -0.15) is 0 Å². The second-order valence-corrected chi connectivity index (χ2v) is 7.11. The van der Waals surface area contributed by atoms with Crippen LogP contribution in [0.1, 0.15) is 25.0 Å². The number of aliphatic carboxylic acids is 1. The Morgan fingerprint density at radius 2 is 2.00 bits per heavy atom. The maximum atomic E-state index is 12.6. The van der Waals surface area contributed by atoms with Crippen molar-refractivity contribution >= 4 is 46.3 Å². The topological polar surface area (TPSA) is 57.6 Å². The quantitative estimate of drug-likeness (QED) is 0.676. The van der Waals surface area contributed by atoms with Crippen molar-refractivity contribution in [3.05, 3.63) is 40.3 Å². The molecular formula is C16H17NO3S2. The van der Waals surface area contributed by atoms with Crippen LogP contribution in [0.5, 0.6) is 0 Å². The van der Waals surface area contributed by atoms with Gasteiger partial charge in [-0.25, -0.2) is 4.79 Å². The molecule has 1 atom stereocenters. The zero-order valence-electron chi connectivity index (χ0n) is 12.6. The molecule has 1 aromatic rings. The van der Waals surface area contributed by atoms with Crippen molar-refractivity contribution in [3.8, 4) is 0 Å². The molecule has 0 spiro atoms. The molecule has 0 aromatic heterocycles. The van der Waals surface area contributed by atoms with Crippen LogP contribution in [0.3, 0.4) is 0 Å². The van der Waals surface area contributed by atoms with E-state index in [4.69, 9.17) is 12.2 Å². The maximum absolute atomic E-state index is 12.6. The van der Waals surface area contributed by atoms with Gasteiger partial charge < -0.3 is 5.11 Å². The Morgan fingerprint density at radius 1 is 1.36 bits per heavy atom. The lowest BCUT2D eigenvalue weighted by molar-refractivity contribution is -0.146. The summed E-state index contributed by atoms with van der Waals surface area (Å²) in [6.07, 6.45) is 1.77. The molecule has 0 bridgehead atoms. The molecule has 1 aromatic carbocycles. The van der Waals surface area contributed by atoms with Crippen LogP contribution >= 0.6 is 24.0 Å². The number of nitrogens with zero attached hydrogens (tertiary/aromatic N) is 1. The smallest absolute Gasteiger partial charge is 0.327 e. The van der Waals surface area contributed by atoms with Gasteiger partial charge in [-0.05, 0) is 30.0 Å². The molecule has 116 valence electrons. The first-order valence-electron chi connectivity index (χ1n) is 6.88. The molecule has 22 heavy (non-hydrogen) atoms. The van der Waals surface area contributed by atoms with Gasteiger partial charge in [0, 0.05) is 0 Å². The van der Waals surface area contributed by atoms with E-state index in [0.29, 0.717) is 9.23 Å². The number of aryl methyl sites for hydroxylation is 1. The number of hydrogen-bond donors (Lipinski definition) is 1. The molecule has 1 saturated heterocycles. The molecule has 1 aliphatic rings. The van der Waals surface area contributed by atoms with E-state index in [1.165, 1.54) is 4.90 Å². The molecule has 1 fully saturated rings. The molecule has 1 heterocycles. The monoisotopic (exact) mass is 335 g/mol. The summed E-state index contributed by atoms with van der Waals surface area (Å²) in [6.45, 7) is 5.49. The number of carbonyl (C=O) groups is 2. The Bertz CT molecular complexity index is 667. The fraction of sp³-hybridized carbons (Fsp3) is 0.312. The molecule has 2 rings (SSSR count). The van der Waals surface area contributed by atoms with Crippen LogP contribution in [0.25, 0.3) is 6.08 Å². The summed E-state index contributed by atoms with van der Waals surface area (Å²) in [5.41, 5.74) is 1.98. The highest BCUT2D eigenvalue weighted by Crippen LogP contribution is 2.35. The van der Waals surface area contributed by atoms with Crippen molar-refractivity contribution in [3.63, 3.8) is 0 Å². The van der Waals surface area contributed by atoms with Gasteiger partial charge >= 0.3 is 5.97 Å². The SMILES string of the molecule is Cc1ccccc1/C=C1\SC(=S)N(C(C(=O)O)C(C)C)C1=O. The van der Waals surface area contributed by atoms with Crippen LogP contribution in [-0.4, -0.2) is 32.2 Å². The highest BCUT2D eigenvalue weighted by molar-refractivity contribution is 8.26. The van der Waals surface area contributed by atoms with E-state index in [0.717, 1.165) is 22.9 Å². The molecule has 4 nitrogen and oxygen atoms in total. The summed E-state index contributed by atoms with van der Waals surface area (Å²) in [5.74, 6) is -1.60. The summed E-state index contributed by atoms with van der Waals surface area (Å²) in [5, 5.41) is 9.38. The number of thioether (sulfide) groups is 1. The first-order valence-corrected chi connectivity index (χ1v) is 8.11. The van der Waals surface area contributed by atoms with Crippen molar-refractivity contribution in [2.75, 3.05) is 0 Å². The van der Waals surface area contributed by atoms with Crippen LogP contribution in [0.2, 0.25) is 0 Å². The number of carboxylic acids is 1. The van der Waals surface area contributed by atoms with Gasteiger partial charge in [-0.15, -0.1) is 0 Å². The summed E-state index contributed by atoms with van der Waals surface area (Å²) in [4.78, 5) is 25.7. The van der Waals surface area contributed by atoms with Crippen LogP contribution in [-0.2, 0) is 9.59 Å². The third-order valence-electron chi connectivity index (χ3n) is 3.46. The molecule has 1 N–H and O–H groups in total. The third kappa shape index (κ3) is 3.23. The number of hydrogen-bond acceptors (Lipinski definition) is 4. The van der Waals surface area contributed by atoms with E-state index in [2.05, 4.69) is 0 Å². The standard InChI is InChI=1S/C16H17NO3S2/c1-9(2)13(15(19)20)17-14(18)12(22-16(17)21)8-11-7-5-4-6-10(11)3/h4-9,13H,1-3H3,(H,19,20)/b12-8-. The van der Waals surface area contributed by atoms with E-state index in [1.807, 2.05) is 31.2 Å². The highest BCUT2D eigenvalue weighted by Gasteiger charge is 2.41. The predicted molar refractivity (Wildman–Crippen MR) is 92.5 cm³/mol. The van der Waals surface area contributed by atoms with Gasteiger partial charge in [-0.1, -0.05) is 62.1 Å². The second-order valence-electron chi connectivity index (χ2n) is 5.44. The number of carboxylic acid groups (broad SMARTS) is 1. The molecule has 0 radical (unpaired) electrons. The lowest BCUT2D eigenvalue weighted by Gasteiger charge is -2.26. The van der Waals surface area contributed by atoms with Gasteiger partial charge in [0.2, 0.25) is 0 Å². The summed E-state index contributed by atoms with van der Waals surface area (Å²) < 4.78 is 0.297. The normalized spacial score (nSPS) is 18.4. The Hall–Kier alpha value is -1.66. The second kappa shape index (κ2) is 6.62. The largest absolute Gasteiger partial charge is 0.480 e. The van der Waals surface area contributed by atoms with E-state index >= 15 is 0 Å². The van der Waals surface area contributed by atoms with Crippen molar-refractivity contribution in [2.24, 2.45) is 5.92 Å². The first-order chi connectivity index (χ1) is 10.3. The highest BCUT2D eigenvalue weighted by atomic mass is 32.2. The minimum Gasteiger partial charge on any atom is -0.480 e. The van der Waals surface area contributed by atoms with E-state index in [9.17, 15) is 14.7 Å². The van der Waals surface area contributed by atoms with E-state index < -0.39 is 12.0 Å². The van der Waals surface area contributed by atoms with Gasteiger partial charge in [0.25, 0.3) is 5.91 Å². The van der Waals surface area contributed by atoms with Crippen LogP contribution in [0.15, 0.2) is 29.2 Å². The molecule has 6 heteroatoms. The van der Waals surface area contributed by atoms with Gasteiger partial charge in [0.1, 0.15) is 10.4 Å². The lowest BCUT2D eigenvalue weighted by atomic mass is 10.0. The summed E-state index contributed by atoms with van der Waals surface area (Å²) >= 11 is 6.38. The lowest BCUT2D eigenvalue weighted by Crippen LogP contribution is -2.47. The fourth-order valence-corrected chi connectivity index (χ4v) is 3.62. The van der Waals surface area contributed by atoms with Gasteiger partial charge in [0.15, 0.2) is 0 Å². The Balaban J connectivity index is 2.37. The number of rotatable bonds is 4. The number of carbonyl (C=O) groups excluding carboxylic acids is 1. The number of benzene rings is 1. The van der Waals surface area contributed by atoms with Crippen LogP contribution < -0.4 is 0 Å². The molecule has 1 aliphatic heterocycles. The summed E-state index contributed by atoms with van der Waals surface area (Å²) in [6, 6.07) is 6.76. The van der Waals surface area contributed by atoms with Gasteiger partial charge in [-0.3, -0.25) is 9.69 Å². The van der Waals surface area contributed by atoms with Crippen molar-refractivity contribution < 1.29 is 14.7 Å². The number of amides is 1. The summed E-state index contributed by atoms with van der Waals surface area (Å²) in [7, 11) is 0. The van der Waals surface area contributed by atoms with Crippen LogP contribution in [0, 0.1) is 12.8 Å². The van der Waals surface area contributed by atoms with E-state index in [1.54, 1.807) is 19.9 Å². The third-order valence-corrected chi connectivity index (χ3v) is 4.79. The molecule has 0 aliphatic carbocycles. The van der Waals surface area contributed by atoms with Crippen molar-refractivity contribution in [2.45, 2.75) is 26.8 Å². The van der Waals surface area contributed by atoms with Crippen LogP contribution in [0.4, 0.5) is 0 Å². The van der Waals surface area contributed by atoms with Crippen molar-refractivity contribution in [1.29, 1.82) is 0 Å². The Labute approximate surface area is 139 Å². The fourth-order valence-electron chi connectivity index (χ4n) is 2.30. The zero-order valence-corrected chi connectivity index (χ0v) is 14.2. The Kier molecular flexibility index (Phi) is 5.03. The minimum atomic E-state index is -1.04. The molecule has 1 amide bonds.